The molecular formula is C17H24Cl2Zr. The van der Waals surface area contributed by atoms with Crippen LogP contribution < -0.4 is 0 Å². The summed E-state index contributed by atoms with van der Waals surface area (Å²) in [5.41, 5.74) is 2.14. The minimum Gasteiger partial charge on any atom is -0.273 e. The first-order chi connectivity index (χ1) is 8.37. The SMILES string of the molecule is CCC1(C2=CC[C-]=C2)CCCC1.Cl.Cl.[C-]1=CC=CC1.[Zr+2]. The fourth-order valence-electron chi connectivity index (χ4n) is 3.00. The van der Waals surface area contributed by atoms with Crippen LogP contribution in [0.3, 0.4) is 0 Å². The molecule has 0 unspecified atom stereocenters. The Hall–Kier alpha value is 0.423. The van der Waals surface area contributed by atoms with Gasteiger partial charge in [-0.1, -0.05) is 44.4 Å². The van der Waals surface area contributed by atoms with Gasteiger partial charge >= 0.3 is 26.2 Å². The summed E-state index contributed by atoms with van der Waals surface area (Å²) in [4.78, 5) is 0. The number of halogens is 2. The molecule has 3 aliphatic rings. The van der Waals surface area contributed by atoms with Crippen molar-refractivity contribution in [2.45, 2.75) is 51.9 Å². The van der Waals surface area contributed by atoms with Gasteiger partial charge in [-0.2, -0.15) is 17.7 Å². The van der Waals surface area contributed by atoms with Crippen molar-refractivity contribution in [3.63, 3.8) is 0 Å². The first-order valence-electron chi connectivity index (χ1n) is 6.86. The molecule has 0 atom stereocenters. The van der Waals surface area contributed by atoms with Gasteiger partial charge in [-0.15, -0.1) is 37.7 Å². The molecule has 0 nitrogen and oxygen atoms in total. The maximum atomic E-state index is 3.29. The molecule has 1 saturated carbocycles. The van der Waals surface area contributed by atoms with Gasteiger partial charge in [0.15, 0.2) is 0 Å². The zero-order valence-corrected chi connectivity index (χ0v) is 16.2. The van der Waals surface area contributed by atoms with Crippen molar-refractivity contribution in [3.8, 4) is 0 Å². The van der Waals surface area contributed by atoms with Gasteiger partial charge in [-0.25, -0.2) is 18.2 Å². The van der Waals surface area contributed by atoms with Gasteiger partial charge in [-0.3, -0.25) is 12.2 Å². The maximum absolute atomic E-state index is 3.29. The molecule has 0 aromatic rings. The second kappa shape index (κ2) is 12.0. The van der Waals surface area contributed by atoms with Gasteiger partial charge in [0.2, 0.25) is 0 Å². The summed E-state index contributed by atoms with van der Waals surface area (Å²) in [6.07, 6.45) is 25.9. The third-order valence-corrected chi connectivity index (χ3v) is 4.13. The van der Waals surface area contributed by atoms with Crippen LogP contribution in [0.2, 0.25) is 0 Å². The number of hydrogen-bond donors (Lipinski definition) is 0. The van der Waals surface area contributed by atoms with Crippen LogP contribution in [0.15, 0.2) is 36.0 Å². The average Bonchev–Trinajstić information content (AvgIpc) is 3.13. The van der Waals surface area contributed by atoms with Crippen molar-refractivity contribution in [2.75, 3.05) is 0 Å². The predicted molar refractivity (Wildman–Crippen MR) is 87.8 cm³/mol. The van der Waals surface area contributed by atoms with E-state index in [0.29, 0.717) is 5.41 Å². The van der Waals surface area contributed by atoms with Crippen LogP contribution in [0.4, 0.5) is 0 Å². The molecule has 20 heavy (non-hydrogen) atoms. The molecular weight excluding hydrogens is 366 g/mol. The summed E-state index contributed by atoms with van der Waals surface area (Å²) in [5, 5.41) is 0. The van der Waals surface area contributed by atoms with Crippen molar-refractivity contribution in [2.24, 2.45) is 5.41 Å². The van der Waals surface area contributed by atoms with Crippen molar-refractivity contribution < 1.29 is 26.2 Å². The van der Waals surface area contributed by atoms with Crippen molar-refractivity contribution >= 4 is 24.8 Å². The average molecular weight is 391 g/mol. The zero-order chi connectivity index (χ0) is 12.0. The smallest absolute Gasteiger partial charge is 0.273 e. The summed E-state index contributed by atoms with van der Waals surface area (Å²) >= 11 is 0. The predicted octanol–water partition coefficient (Wildman–Crippen LogP) is 5.79. The topological polar surface area (TPSA) is 0 Å². The van der Waals surface area contributed by atoms with E-state index in [4.69, 9.17) is 0 Å². The minimum absolute atomic E-state index is 0. The molecule has 0 N–H and O–H groups in total. The van der Waals surface area contributed by atoms with Gasteiger partial charge in [0.05, 0.1) is 0 Å². The maximum Gasteiger partial charge on any atom is 2.00 e. The van der Waals surface area contributed by atoms with Crippen LogP contribution in [-0.4, -0.2) is 0 Å². The molecule has 110 valence electrons. The molecule has 0 heterocycles. The van der Waals surface area contributed by atoms with Crippen LogP contribution in [-0.2, 0) is 26.2 Å². The third-order valence-electron chi connectivity index (χ3n) is 4.13. The van der Waals surface area contributed by atoms with E-state index in [-0.39, 0.29) is 51.0 Å². The molecule has 0 aromatic carbocycles. The fourth-order valence-corrected chi connectivity index (χ4v) is 3.00. The summed E-state index contributed by atoms with van der Waals surface area (Å²) < 4.78 is 0. The van der Waals surface area contributed by atoms with E-state index in [9.17, 15) is 0 Å². The summed E-state index contributed by atoms with van der Waals surface area (Å²) in [7, 11) is 0. The van der Waals surface area contributed by atoms with E-state index in [1.54, 1.807) is 5.57 Å². The molecule has 3 heteroatoms. The standard InChI is InChI=1S/C12H17.C5H5.2ClH.Zr/c1-2-12(9-5-6-10-12)11-7-3-4-8-11;1-2-4-5-3-1;;;/h7-8H,2-3,5-6,9-10H2,1H3;1-3H,4H2;2*1H;/q2*-1;;;+2. The van der Waals surface area contributed by atoms with Crippen molar-refractivity contribution in [1.82, 2.24) is 0 Å². The van der Waals surface area contributed by atoms with Crippen LogP contribution in [0.1, 0.15) is 51.9 Å². The van der Waals surface area contributed by atoms with E-state index < -0.39 is 0 Å². The normalized spacial score (nSPS) is 20.1. The summed E-state index contributed by atoms with van der Waals surface area (Å²) in [6, 6.07) is 0. The quantitative estimate of drug-likeness (QED) is 0.523. The Morgan fingerprint density at radius 1 is 1.10 bits per heavy atom. The molecule has 0 spiro atoms. The zero-order valence-electron chi connectivity index (χ0n) is 12.2. The van der Waals surface area contributed by atoms with Crippen LogP contribution in [0.25, 0.3) is 0 Å². The molecule has 0 saturated heterocycles. The van der Waals surface area contributed by atoms with Gasteiger partial charge in [0, 0.05) is 0 Å². The first kappa shape index (κ1) is 22.7. The molecule has 0 aliphatic heterocycles. The third kappa shape index (κ3) is 6.04. The number of hydrogen-bond acceptors (Lipinski definition) is 0. The molecule has 3 aliphatic carbocycles. The summed E-state index contributed by atoms with van der Waals surface area (Å²) in [5.74, 6) is 0. The number of allylic oxidation sites excluding steroid dienone is 8. The monoisotopic (exact) mass is 388 g/mol. The van der Waals surface area contributed by atoms with E-state index >= 15 is 0 Å². The Labute approximate surface area is 155 Å². The van der Waals surface area contributed by atoms with E-state index in [1.807, 2.05) is 12.2 Å². The van der Waals surface area contributed by atoms with Gasteiger partial charge in [-0.05, 0) is 0 Å². The Balaban J connectivity index is 0. The Kier molecular flexibility index (Phi) is 13.6. The van der Waals surface area contributed by atoms with Crippen LogP contribution in [0.5, 0.6) is 0 Å². The van der Waals surface area contributed by atoms with Crippen molar-refractivity contribution in [1.29, 1.82) is 0 Å². The summed E-state index contributed by atoms with van der Waals surface area (Å²) in [6.45, 7) is 2.33. The van der Waals surface area contributed by atoms with E-state index in [0.717, 1.165) is 12.8 Å². The van der Waals surface area contributed by atoms with Crippen LogP contribution in [0, 0.1) is 17.6 Å². The van der Waals surface area contributed by atoms with Gasteiger partial charge in [0.25, 0.3) is 0 Å². The fraction of sp³-hybridized carbons (Fsp3) is 0.529. The molecule has 1 fully saturated rings. The Morgan fingerprint density at radius 2 is 1.80 bits per heavy atom. The largest absolute Gasteiger partial charge is 2.00 e. The first-order valence-corrected chi connectivity index (χ1v) is 6.86. The van der Waals surface area contributed by atoms with Gasteiger partial charge in [0.1, 0.15) is 0 Å². The molecule has 0 bridgehead atoms. The van der Waals surface area contributed by atoms with Crippen LogP contribution >= 0.6 is 24.8 Å². The Morgan fingerprint density at radius 3 is 2.15 bits per heavy atom. The van der Waals surface area contributed by atoms with E-state index in [2.05, 4.69) is 37.3 Å². The second-order valence-electron chi connectivity index (χ2n) is 5.06. The number of rotatable bonds is 2. The van der Waals surface area contributed by atoms with E-state index in [1.165, 1.54) is 32.1 Å². The van der Waals surface area contributed by atoms with Gasteiger partial charge < -0.3 is 0 Å². The Bertz CT molecular complexity index is 351. The molecule has 0 radical (unpaired) electrons. The molecule has 3 rings (SSSR count). The minimum atomic E-state index is 0. The molecule has 0 aromatic heterocycles. The van der Waals surface area contributed by atoms with Crippen molar-refractivity contribution in [3.05, 3.63) is 48.1 Å². The second-order valence-corrected chi connectivity index (χ2v) is 5.06. The molecule has 0 amide bonds.